The van der Waals surface area contributed by atoms with Crippen molar-refractivity contribution >= 4 is 17.9 Å². The average Bonchev–Trinajstić information content (AvgIpc) is 3.53. The molecule has 4 N–H and O–H groups in total. The maximum absolute atomic E-state index is 12.6. The van der Waals surface area contributed by atoms with E-state index in [1.807, 2.05) is 0 Å². The molecule has 56 heavy (non-hydrogen) atoms. The van der Waals surface area contributed by atoms with Crippen molar-refractivity contribution in [1.29, 1.82) is 0 Å². The van der Waals surface area contributed by atoms with Crippen LogP contribution in [0.3, 0.4) is 0 Å². The molecule has 0 bridgehead atoms. The molecule has 0 unspecified atom stereocenters. The van der Waals surface area contributed by atoms with Crippen molar-refractivity contribution in [3.05, 3.63) is 0 Å². The van der Waals surface area contributed by atoms with E-state index < -0.39 is 37.1 Å². The van der Waals surface area contributed by atoms with Crippen molar-refractivity contribution in [1.82, 2.24) is 0 Å². The van der Waals surface area contributed by atoms with Crippen LogP contribution in [0.1, 0.15) is 213 Å². The molecule has 11 heteroatoms. The van der Waals surface area contributed by atoms with Crippen LogP contribution in [0.15, 0.2) is 0 Å². The first-order valence-electron chi connectivity index (χ1n) is 23.0. The van der Waals surface area contributed by atoms with Crippen molar-refractivity contribution in [2.24, 2.45) is 0 Å². The van der Waals surface area contributed by atoms with Gasteiger partial charge in [-0.3, -0.25) is 14.4 Å². The highest BCUT2D eigenvalue weighted by Gasteiger charge is 2.38. The third-order valence-electron chi connectivity index (χ3n) is 10.4. The van der Waals surface area contributed by atoms with E-state index >= 15 is 0 Å². The quantitative estimate of drug-likeness (QED) is 0.0268. The lowest BCUT2D eigenvalue weighted by Gasteiger charge is -2.18. The Balaban J connectivity index is 0.00000233. The Morgan fingerprint density at radius 2 is 0.857 bits per heavy atom. The van der Waals surface area contributed by atoms with Gasteiger partial charge in [0.1, 0.15) is 37.6 Å². The van der Waals surface area contributed by atoms with Gasteiger partial charge >= 0.3 is 17.9 Å². The normalized spacial score (nSPS) is 17.0. The van der Waals surface area contributed by atoms with Crippen molar-refractivity contribution < 1.29 is 53.8 Å². The lowest BCUT2D eigenvalue weighted by Crippen LogP contribution is -2.40. The van der Waals surface area contributed by atoms with Crippen LogP contribution in [0, 0.1) is 0 Å². The summed E-state index contributed by atoms with van der Waals surface area (Å²) in [5, 5.41) is 35.5. The molecular formula is C45H86O11. The number of aliphatic hydroxyl groups is 4. The summed E-state index contributed by atoms with van der Waals surface area (Å²) in [5.74, 6) is -0.870. The van der Waals surface area contributed by atoms with Crippen LogP contribution in [0.5, 0.6) is 0 Å². The second-order valence-corrected chi connectivity index (χ2v) is 15.8. The summed E-state index contributed by atoms with van der Waals surface area (Å²) in [5.41, 5.74) is 0. The predicted octanol–water partition coefficient (Wildman–Crippen LogP) is 9.21. The zero-order chi connectivity index (χ0) is 41.5. The topological polar surface area (TPSA) is 169 Å². The average molecular weight is 803 g/mol. The van der Waals surface area contributed by atoms with Crippen LogP contribution in [0.4, 0.5) is 0 Å². The van der Waals surface area contributed by atoms with Gasteiger partial charge in [0.15, 0.2) is 6.10 Å². The van der Waals surface area contributed by atoms with E-state index in [9.17, 15) is 14.4 Å². The van der Waals surface area contributed by atoms with E-state index in [1.165, 1.54) is 116 Å². The largest absolute Gasteiger partial charge is 0.462 e. The van der Waals surface area contributed by atoms with E-state index in [0.29, 0.717) is 19.3 Å². The fraction of sp³-hybridized carbons (Fsp3) is 0.933. The molecule has 0 spiro atoms. The Bertz CT molecular complexity index is 863. The Labute approximate surface area is 341 Å². The Kier molecular flexibility index (Phi) is 38.7. The van der Waals surface area contributed by atoms with Crippen LogP contribution in [0.25, 0.3) is 0 Å². The molecule has 0 aromatic carbocycles. The van der Waals surface area contributed by atoms with Gasteiger partial charge in [-0.25, -0.2) is 0 Å². The van der Waals surface area contributed by atoms with Gasteiger partial charge in [-0.05, 0) is 19.3 Å². The molecule has 4 atom stereocenters. The van der Waals surface area contributed by atoms with Crippen molar-refractivity contribution in [3.8, 4) is 0 Å². The maximum atomic E-state index is 12.6. The summed E-state index contributed by atoms with van der Waals surface area (Å²) in [6, 6.07) is 0. The fourth-order valence-electron chi connectivity index (χ4n) is 6.69. The smallest absolute Gasteiger partial charge is 0.306 e. The third kappa shape index (κ3) is 33.2. The first-order chi connectivity index (χ1) is 27.2. The van der Waals surface area contributed by atoms with E-state index in [2.05, 4.69) is 20.8 Å². The number of rotatable bonds is 37. The number of unbranched alkanes of at least 4 members (excludes halogenated alkanes) is 24. The highest BCUT2D eigenvalue weighted by atomic mass is 16.6. The summed E-state index contributed by atoms with van der Waals surface area (Å²) >= 11 is 0. The number of carbonyl (C=O) groups excluding carboxylic acids is 3. The van der Waals surface area contributed by atoms with Gasteiger partial charge < -0.3 is 39.4 Å². The summed E-state index contributed by atoms with van der Waals surface area (Å²) in [6.45, 7) is 6.09. The van der Waals surface area contributed by atoms with Crippen LogP contribution in [-0.4, -0.2) is 95.3 Å². The van der Waals surface area contributed by atoms with Gasteiger partial charge in [-0.1, -0.05) is 175 Å². The fourth-order valence-corrected chi connectivity index (χ4v) is 6.69. The molecule has 1 aliphatic heterocycles. The number of hydrogen-bond donors (Lipinski definition) is 4. The number of carbonyl (C=O) groups is 3. The van der Waals surface area contributed by atoms with Gasteiger partial charge in [0, 0.05) is 19.3 Å². The zero-order valence-electron chi connectivity index (χ0n) is 36.1. The minimum atomic E-state index is -1.12. The lowest BCUT2D eigenvalue weighted by atomic mass is 10.1. The molecule has 11 nitrogen and oxygen atoms in total. The number of ether oxygens (including phenoxy) is 4. The van der Waals surface area contributed by atoms with E-state index in [4.69, 9.17) is 39.4 Å². The Morgan fingerprint density at radius 3 is 1.16 bits per heavy atom. The molecule has 0 saturated carbocycles. The predicted molar refractivity (Wildman–Crippen MR) is 222 cm³/mol. The van der Waals surface area contributed by atoms with Gasteiger partial charge in [0.05, 0.1) is 13.2 Å². The molecule has 1 fully saturated rings. The van der Waals surface area contributed by atoms with Crippen LogP contribution in [-0.2, 0) is 33.3 Å². The molecule has 0 aromatic rings. The molecule has 1 rings (SSSR count). The molecule has 0 aliphatic carbocycles. The summed E-state index contributed by atoms with van der Waals surface area (Å²) in [6.07, 6.45) is 28.3. The third-order valence-corrected chi connectivity index (χ3v) is 10.4. The van der Waals surface area contributed by atoms with Gasteiger partial charge in [0.2, 0.25) is 0 Å². The van der Waals surface area contributed by atoms with Gasteiger partial charge in [-0.15, -0.1) is 0 Å². The minimum Gasteiger partial charge on any atom is -0.462 e. The minimum absolute atomic E-state index is 0.00287. The molecular weight excluding hydrogens is 716 g/mol. The van der Waals surface area contributed by atoms with Gasteiger partial charge in [0.25, 0.3) is 0 Å². The number of hydrogen-bond acceptors (Lipinski definition) is 11. The van der Waals surface area contributed by atoms with E-state index in [0.717, 1.165) is 57.8 Å². The second kappa shape index (κ2) is 40.0. The first-order valence-corrected chi connectivity index (χ1v) is 23.0. The molecule has 1 heterocycles. The summed E-state index contributed by atoms with van der Waals surface area (Å²) < 4.78 is 21.4. The molecule has 0 aromatic heterocycles. The van der Waals surface area contributed by atoms with Crippen molar-refractivity contribution in [2.75, 3.05) is 26.4 Å². The van der Waals surface area contributed by atoms with Crippen LogP contribution < -0.4 is 0 Å². The summed E-state index contributed by atoms with van der Waals surface area (Å²) in [4.78, 5) is 37.3. The molecule has 1 aliphatic rings. The lowest BCUT2D eigenvalue weighted by molar-refractivity contribution is -0.167. The first kappa shape index (κ1) is 54.2. The Morgan fingerprint density at radius 1 is 0.536 bits per heavy atom. The Hall–Kier alpha value is -1.79. The standard InChI is InChI=1S/C39H74O6.C6H12O5/c1-4-7-10-13-16-19-22-25-28-31-37(40)43-34-36(45-39(42)33-30-27-24-21-18-15-12-9-6-3)35-44-38(41)32-29-26-23-20-17-14-11-8-5-2;7-1-3(8)6-5(10)4(9)2-11-6/h36H,4-35H2,1-3H3;3-10H,1-2H2/t;3-,4+,5-,6-/m.1/s1. The van der Waals surface area contributed by atoms with E-state index in [1.54, 1.807) is 0 Å². The SMILES string of the molecule is CCCCCCCCCCCC(=O)OCC(COC(=O)CCCCCCCCCCC)OC(=O)CCCCCCCCCCC.OC[C@@H](O)[C@H]1OC[C@H](O)[C@H]1O. The van der Waals surface area contributed by atoms with Crippen molar-refractivity contribution in [2.45, 2.75) is 244 Å². The highest BCUT2D eigenvalue weighted by Crippen LogP contribution is 2.17. The van der Waals surface area contributed by atoms with E-state index in [-0.39, 0.29) is 37.7 Å². The zero-order valence-corrected chi connectivity index (χ0v) is 36.1. The maximum Gasteiger partial charge on any atom is 0.306 e. The highest BCUT2D eigenvalue weighted by molar-refractivity contribution is 5.71. The molecule has 332 valence electrons. The second-order valence-electron chi connectivity index (χ2n) is 15.8. The molecule has 0 radical (unpaired) electrons. The van der Waals surface area contributed by atoms with Crippen molar-refractivity contribution in [3.63, 3.8) is 0 Å². The van der Waals surface area contributed by atoms with Gasteiger partial charge in [-0.2, -0.15) is 0 Å². The monoisotopic (exact) mass is 803 g/mol. The van der Waals surface area contributed by atoms with Crippen LogP contribution >= 0.6 is 0 Å². The number of aliphatic hydroxyl groups excluding tert-OH is 4. The molecule has 0 amide bonds. The summed E-state index contributed by atoms with van der Waals surface area (Å²) in [7, 11) is 0. The number of esters is 3. The molecule has 1 saturated heterocycles. The van der Waals surface area contributed by atoms with Crippen LogP contribution in [0.2, 0.25) is 0 Å².